The fraction of sp³-hybridized carbons (Fsp3) is 0.154. The summed E-state index contributed by atoms with van der Waals surface area (Å²) >= 11 is 11.4. The zero-order valence-corrected chi connectivity index (χ0v) is 12.0. The van der Waals surface area contributed by atoms with Gasteiger partial charge in [-0.05, 0) is 43.3 Å². The highest BCUT2D eigenvalue weighted by molar-refractivity contribution is 6.30. The molecule has 0 spiro atoms. The number of carbonyl (C=O) groups excluding carboxylic acids is 1. The first-order valence-electron chi connectivity index (χ1n) is 5.77. The molecule has 104 valence electrons. The van der Waals surface area contributed by atoms with Gasteiger partial charge >= 0.3 is 0 Å². The van der Waals surface area contributed by atoms with Gasteiger partial charge in [-0.25, -0.2) is 0 Å². The summed E-state index contributed by atoms with van der Waals surface area (Å²) in [5, 5.41) is 10.8. The second kappa shape index (κ2) is 6.54. The molecule has 0 saturated heterocycles. The molecule has 0 aliphatic carbocycles. The summed E-state index contributed by atoms with van der Waals surface area (Å²) in [6.07, 6.45) is -0.686. The molecule has 2 aromatic rings. The van der Waals surface area contributed by atoms with Gasteiger partial charge in [0.25, 0.3) is 5.91 Å². The van der Waals surface area contributed by atoms with Crippen LogP contribution < -0.4 is 10.1 Å². The summed E-state index contributed by atoms with van der Waals surface area (Å²) in [5.41, 5.74) is 0. The van der Waals surface area contributed by atoms with Gasteiger partial charge in [0.2, 0.25) is 0 Å². The molecule has 1 unspecified atom stereocenters. The average molecular weight is 312 g/mol. The number of rotatable bonds is 4. The molecule has 0 aliphatic rings. The van der Waals surface area contributed by atoms with Crippen molar-refractivity contribution < 1.29 is 9.53 Å². The maximum atomic E-state index is 11.9. The molecule has 5 nitrogen and oxygen atoms in total. The standard InChI is InChI=1S/C13H11Cl2N3O2/c1-8(20-10-4-2-9(14)3-5-10)13(19)16-12-7-6-11(15)17-18-12/h2-8H,1H3,(H,16,18,19). The number of hydrogen-bond acceptors (Lipinski definition) is 4. The molecular formula is C13H11Cl2N3O2. The van der Waals surface area contributed by atoms with Gasteiger partial charge in [-0.15, -0.1) is 10.2 Å². The zero-order valence-electron chi connectivity index (χ0n) is 10.5. The maximum Gasteiger partial charge on any atom is 0.266 e. The number of halogens is 2. The smallest absolute Gasteiger partial charge is 0.266 e. The lowest BCUT2D eigenvalue weighted by molar-refractivity contribution is -0.122. The number of benzene rings is 1. The molecular weight excluding hydrogens is 301 g/mol. The molecule has 1 N–H and O–H groups in total. The minimum absolute atomic E-state index is 0.258. The average Bonchev–Trinajstić information content (AvgIpc) is 2.44. The molecule has 0 fully saturated rings. The van der Waals surface area contributed by atoms with Crippen LogP contribution >= 0.6 is 23.2 Å². The first-order chi connectivity index (χ1) is 9.54. The number of anilines is 1. The van der Waals surface area contributed by atoms with Crippen molar-refractivity contribution >= 4 is 34.9 Å². The first-order valence-corrected chi connectivity index (χ1v) is 6.52. The molecule has 0 radical (unpaired) electrons. The van der Waals surface area contributed by atoms with Crippen molar-refractivity contribution in [2.45, 2.75) is 13.0 Å². The summed E-state index contributed by atoms with van der Waals surface area (Å²) in [6, 6.07) is 9.85. The van der Waals surface area contributed by atoms with Crippen LogP contribution in [-0.4, -0.2) is 22.2 Å². The topological polar surface area (TPSA) is 64.1 Å². The normalized spacial score (nSPS) is 11.8. The number of nitrogens with one attached hydrogen (secondary N) is 1. The van der Waals surface area contributed by atoms with E-state index in [9.17, 15) is 4.79 Å². The second-order valence-corrected chi connectivity index (χ2v) is 4.77. The van der Waals surface area contributed by atoms with Gasteiger partial charge in [0.15, 0.2) is 17.1 Å². The molecule has 1 aromatic heterocycles. The Morgan fingerprint density at radius 3 is 2.45 bits per heavy atom. The van der Waals surface area contributed by atoms with E-state index < -0.39 is 6.10 Å². The molecule has 1 heterocycles. The van der Waals surface area contributed by atoms with E-state index in [1.807, 2.05) is 0 Å². The first kappa shape index (κ1) is 14.6. The van der Waals surface area contributed by atoms with Gasteiger partial charge in [0, 0.05) is 5.02 Å². The maximum absolute atomic E-state index is 11.9. The zero-order chi connectivity index (χ0) is 14.5. The van der Waals surface area contributed by atoms with Crippen LogP contribution in [0, 0.1) is 0 Å². The van der Waals surface area contributed by atoms with Crippen LogP contribution in [-0.2, 0) is 4.79 Å². The third-order valence-electron chi connectivity index (χ3n) is 2.38. The number of hydrogen-bond donors (Lipinski definition) is 1. The van der Waals surface area contributed by atoms with E-state index in [0.29, 0.717) is 16.6 Å². The van der Waals surface area contributed by atoms with Crippen LogP contribution in [0.25, 0.3) is 0 Å². The second-order valence-electron chi connectivity index (χ2n) is 3.94. The fourth-order valence-electron chi connectivity index (χ4n) is 1.38. The van der Waals surface area contributed by atoms with Crippen LogP contribution in [0.1, 0.15) is 6.92 Å². The Hall–Kier alpha value is -1.85. The minimum atomic E-state index is -0.686. The highest BCUT2D eigenvalue weighted by Crippen LogP contribution is 2.17. The molecule has 0 aliphatic heterocycles. The van der Waals surface area contributed by atoms with Gasteiger partial charge in [-0.1, -0.05) is 23.2 Å². The number of aromatic nitrogens is 2. The van der Waals surface area contributed by atoms with Crippen molar-refractivity contribution in [1.82, 2.24) is 10.2 Å². The van der Waals surface area contributed by atoms with Crippen LogP contribution in [0.15, 0.2) is 36.4 Å². The summed E-state index contributed by atoms with van der Waals surface area (Å²) in [7, 11) is 0. The molecule has 1 aromatic carbocycles. The Balaban J connectivity index is 1.94. The molecule has 20 heavy (non-hydrogen) atoms. The van der Waals surface area contributed by atoms with Crippen molar-refractivity contribution in [2.75, 3.05) is 5.32 Å². The Morgan fingerprint density at radius 2 is 1.85 bits per heavy atom. The molecule has 7 heteroatoms. The van der Waals surface area contributed by atoms with Crippen LogP contribution in [0.3, 0.4) is 0 Å². The predicted octanol–water partition coefficient (Wildman–Crippen LogP) is 3.19. The van der Waals surface area contributed by atoms with E-state index in [0.717, 1.165) is 0 Å². The van der Waals surface area contributed by atoms with Gasteiger partial charge in [-0.2, -0.15) is 0 Å². The highest BCUT2D eigenvalue weighted by Gasteiger charge is 2.15. The lowest BCUT2D eigenvalue weighted by Gasteiger charge is -2.14. The van der Waals surface area contributed by atoms with Gasteiger partial charge in [-0.3, -0.25) is 4.79 Å². The fourth-order valence-corrected chi connectivity index (χ4v) is 1.61. The number of amides is 1. The largest absolute Gasteiger partial charge is 0.481 e. The predicted molar refractivity (Wildman–Crippen MR) is 77.2 cm³/mol. The molecule has 1 atom stereocenters. The van der Waals surface area contributed by atoms with Gasteiger partial charge in [0.1, 0.15) is 5.75 Å². The Bertz CT molecular complexity index is 588. The van der Waals surface area contributed by atoms with E-state index in [-0.39, 0.29) is 11.1 Å². The third-order valence-corrected chi connectivity index (χ3v) is 2.83. The SMILES string of the molecule is CC(Oc1ccc(Cl)cc1)C(=O)Nc1ccc(Cl)nn1. The van der Waals surface area contributed by atoms with E-state index in [1.54, 1.807) is 37.3 Å². The summed E-state index contributed by atoms with van der Waals surface area (Å²) < 4.78 is 5.48. The van der Waals surface area contributed by atoms with Crippen molar-refractivity contribution in [3.05, 3.63) is 46.6 Å². The third kappa shape index (κ3) is 4.08. The van der Waals surface area contributed by atoms with E-state index >= 15 is 0 Å². The lowest BCUT2D eigenvalue weighted by atomic mass is 10.3. The summed E-state index contributed by atoms with van der Waals surface area (Å²) in [6.45, 7) is 1.63. The summed E-state index contributed by atoms with van der Waals surface area (Å²) in [4.78, 5) is 11.9. The molecule has 0 bridgehead atoms. The van der Waals surface area contributed by atoms with Crippen molar-refractivity contribution in [1.29, 1.82) is 0 Å². The Morgan fingerprint density at radius 1 is 1.15 bits per heavy atom. The van der Waals surface area contributed by atoms with Crippen LogP contribution in [0.5, 0.6) is 5.75 Å². The van der Waals surface area contributed by atoms with Crippen LogP contribution in [0.2, 0.25) is 10.2 Å². The van der Waals surface area contributed by atoms with Crippen molar-refractivity contribution in [3.8, 4) is 5.75 Å². The molecule has 0 saturated carbocycles. The van der Waals surface area contributed by atoms with E-state index in [1.165, 1.54) is 6.07 Å². The molecule has 2 rings (SSSR count). The number of ether oxygens (including phenoxy) is 1. The van der Waals surface area contributed by atoms with Crippen molar-refractivity contribution in [2.24, 2.45) is 0 Å². The highest BCUT2D eigenvalue weighted by atomic mass is 35.5. The summed E-state index contributed by atoms with van der Waals surface area (Å²) in [5.74, 6) is 0.529. The lowest BCUT2D eigenvalue weighted by Crippen LogP contribution is -2.30. The van der Waals surface area contributed by atoms with Gasteiger partial charge in [0.05, 0.1) is 0 Å². The van der Waals surface area contributed by atoms with Crippen molar-refractivity contribution in [3.63, 3.8) is 0 Å². The van der Waals surface area contributed by atoms with Gasteiger partial charge < -0.3 is 10.1 Å². The number of carbonyl (C=O) groups is 1. The monoisotopic (exact) mass is 311 g/mol. The van der Waals surface area contributed by atoms with E-state index in [2.05, 4.69) is 15.5 Å². The molecule has 1 amide bonds. The van der Waals surface area contributed by atoms with E-state index in [4.69, 9.17) is 27.9 Å². The minimum Gasteiger partial charge on any atom is -0.481 e. The Labute approximate surface area is 125 Å². The quantitative estimate of drug-likeness (QED) is 0.941. The number of nitrogens with zero attached hydrogens (tertiary/aromatic N) is 2. The van der Waals surface area contributed by atoms with Crippen LogP contribution in [0.4, 0.5) is 5.82 Å². The Kier molecular flexibility index (Phi) is 4.76.